The van der Waals surface area contributed by atoms with Gasteiger partial charge in [-0.2, -0.15) is 0 Å². The molecular formula is C12H10N2O2. The van der Waals surface area contributed by atoms with Gasteiger partial charge >= 0.3 is 0 Å². The Bertz CT molecular complexity index is 480. The minimum atomic E-state index is -0.332. The number of aromatic nitrogens is 1. The van der Waals surface area contributed by atoms with Crippen molar-refractivity contribution in [3.8, 4) is 11.1 Å². The number of rotatable bonds is 3. The third-order valence-corrected chi connectivity index (χ3v) is 2.28. The second-order valence-corrected chi connectivity index (χ2v) is 3.42. The van der Waals surface area contributed by atoms with Crippen LogP contribution in [0.3, 0.4) is 0 Å². The van der Waals surface area contributed by atoms with Crippen LogP contribution < -0.4 is 0 Å². The molecule has 0 aliphatic rings. The lowest BCUT2D eigenvalue weighted by atomic mass is 10.1. The Hall–Kier alpha value is -2.23. The predicted molar refractivity (Wildman–Crippen MR) is 60.4 cm³/mol. The van der Waals surface area contributed by atoms with Gasteiger partial charge in [-0.3, -0.25) is 15.1 Å². The minimum Gasteiger partial charge on any atom is -0.265 e. The number of nitrogens with zero attached hydrogens (tertiary/aromatic N) is 2. The van der Waals surface area contributed by atoms with Crippen LogP contribution in [0.2, 0.25) is 0 Å². The molecule has 0 spiro atoms. The molecule has 80 valence electrons. The summed E-state index contributed by atoms with van der Waals surface area (Å²) in [6.07, 6.45) is 3.44. The first-order valence-electron chi connectivity index (χ1n) is 4.87. The highest BCUT2D eigenvalue weighted by atomic mass is 16.6. The summed E-state index contributed by atoms with van der Waals surface area (Å²) in [5.41, 5.74) is 2.81. The van der Waals surface area contributed by atoms with Crippen LogP contribution in [0.1, 0.15) is 5.56 Å². The molecule has 0 amide bonds. The third kappa shape index (κ3) is 2.42. The van der Waals surface area contributed by atoms with Gasteiger partial charge in [-0.25, -0.2) is 0 Å². The number of nitro groups is 1. The summed E-state index contributed by atoms with van der Waals surface area (Å²) in [5, 5.41) is 10.3. The van der Waals surface area contributed by atoms with E-state index in [4.69, 9.17) is 0 Å². The molecule has 4 nitrogen and oxygen atoms in total. The van der Waals surface area contributed by atoms with Gasteiger partial charge in [0.25, 0.3) is 0 Å². The molecule has 0 saturated carbocycles. The van der Waals surface area contributed by atoms with Crippen LogP contribution in [0.25, 0.3) is 11.1 Å². The van der Waals surface area contributed by atoms with Gasteiger partial charge in [0, 0.05) is 22.9 Å². The van der Waals surface area contributed by atoms with Gasteiger partial charge < -0.3 is 0 Å². The second kappa shape index (κ2) is 4.53. The largest absolute Gasteiger partial charge is 0.265 e. The summed E-state index contributed by atoms with van der Waals surface area (Å²) >= 11 is 0. The summed E-state index contributed by atoms with van der Waals surface area (Å²) in [6, 6.07) is 11.1. The Morgan fingerprint density at radius 2 is 1.56 bits per heavy atom. The van der Waals surface area contributed by atoms with Crippen molar-refractivity contribution >= 4 is 0 Å². The number of pyridine rings is 1. The Labute approximate surface area is 92.7 Å². The molecule has 0 fully saturated rings. The van der Waals surface area contributed by atoms with Crippen LogP contribution in [0.4, 0.5) is 0 Å². The van der Waals surface area contributed by atoms with Crippen molar-refractivity contribution in [2.45, 2.75) is 6.54 Å². The first-order valence-corrected chi connectivity index (χ1v) is 4.87. The van der Waals surface area contributed by atoms with Crippen LogP contribution in [0.15, 0.2) is 48.8 Å². The zero-order valence-corrected chi connectivity index (χ0v) is 8.54. The molecule has 0 bridgehead atoms. The van der Waals surface area contributed by atoms with E-state index in [1.165, 1.54) is 0 Å². The molecule has 0 aliphatic carbocycles. The molecule has 0 saturated heterocycles. The van der Waals surface area contributed by atoms with E-state index in [0.29, 0.717) is 5.56 Å². The van der Waals surface area contributed by atoms with E-state index in [0.717, 1.165) is 11.1 Å². The van der Waals surface area contributed by atoms with Crippen molar-refractivity contribution in [3.05, 3.63) is 64.5 Å². The normalized spacial score (nSPS) is 10.0. The highest BCUT2D eigenvalue weighted by Gasteiger charge is 2.01. The van der Waals surface area contributed by atoms with E-state index in [9.17, 15) is 10.1 Å². The molecular weight excluding hydrogens is 204 g/mol. The molecule has 4 heteroatoms. The summed E-state index contributed by atoms with van der Waals surface area (Å²) in [6.45, 7) is -0.128. The molecule has 0 N–H and O–H groups in total. The highest BCUT2D eigenvalue weighted by molar-refractivity contribution is 5.62. The van der Waals surface area contributed by atoms with E-state index in [1.54, 1.807) is 24.5 Å². The van der Waals surface area contributed by atoms with Gasteiger partial charge in [0.05, 0.1) is 0 Å². The first-order chi connectivity index (χ1) is 7.75. The molecule has 1 aromatic heterocycles. The van der Waals surface area contributed by atoms with Crippen LogP contribution in [-0.4, -0.2) is 9.91 Å². The first kappa shape index (κ1) is 10.3. The van der Waals surface area contributed by atoms with Gasteiger partial charge in [0.2, 0.25) is 6.54 Å². The number of hydrogen-bond acceptors (Lipinski definition) is 3. The minimum absolute atomic E-state index is 0.128. The molecule has 0 atom stereocenters. The number of benzene rings is 1. The average molecular weight is 214 g/mol. The van der Waals surface area contributed by atoms with Crippen molar-refractivity contribution in [2.24, 2.45) is 0 Å². The maximum absolute atomic E-state index is 10.3. The Balaban J connectivity index is 2.23. The number of hydrogen-bond donors (Lipinski definition) is 0. The van der Waals surface area contributed by atoms with E-state index in [1.807, 2.05) is 24.3 Å². The zero-order chi connectivity index (χ0) is 11.4. The fraction of sp³-hybridized carbons (Fsp3) is 0.0833. The average Bonchev–Trinajstić information content (AvgIpc) is 2.30. The summed E-state index contributed by atoms with van der Waals surface area (Å²) < 4.78 is 0. The Morgan fingerprint density at radius 1 is 1.00 bits per heavy atom. The lowest BCUT2D eigenvalue weighted by Gasteiger charge is -2.01. The zero-order valence-electron chi connectivity index (χ0n) is 8.54. The van der Waals surface area contributed by atoms with Crippen LogP contribution >= 0.6 is 0 Å². The van der Waals surface area contributed by atoms with E-state index < -0.39 is 0 Å². The van der Waals surface area contributed by atoms with E-state index in [2.05, 4.69) is 4.98 Å². The summed E-state index contributed by atoms with van der Waals surface area (Å²) in [4.78, 5) is 13.9. The van der Waals surface area contributed by atoms with Gasteiger partial charge in [0.1, 0.15) is 0 Å². The van der Waals surface area contributed by atoms with Crippen LogP contribution in [-0.2, 0) is 6.54 Å². The maximum atomic E-state index is 10.3. The Morgan fingerprint density at radius 3 is 2.12 bits per heavy atom. The van der Waals surface area contributed by atoms with Gasteiger partial charge in [-0.1, -0.05) is 24.3 Å². The summed E-state index contributed by atoms with van der Waals surface area (Å²) in [7, 11) is 0. The van der Waals surface area contributed by atoms with Crippen molar-refractivity contribution < 1.29 is 4.92 Å². The van der Waals surface area contributed by atoms with Crippen molar-refractivity contribution in [3.63, 3.8) is 0 Å². The molecule has 0 aliphatic heterocycles. The predicted octanol–water partition coefficient (Wildman–Crippen LogP) is 2.53. The molecule has 1 heterocycles. The van der Waals surface area contributed by atoms with Gasteiger partial charge in [-0.05, 0) is 23.3 Å². The van der Waals surface area contributed by atoms with Crippen molar-refractivity contribution in [1.82, 2.24) is 4.98 Å². The smallest absolute Gasteiger partial charge is 0.228 e. The molecule has 0 unspecified atom stereocenters. The van der Waals surface area contributed by atoms with Crippen LogP contribution in [0, 0.1) is 10.1 Å². The van der Waals surface area contributed by atoms with Crippen molar-refractivity contribution in [2.75, 3.05) is 0 Å². The Kier molecular flexibility index (Phi) is 2.91. The maximum Gasteiger partial charge on any atom is 0.228 e. The summed E-state index contributed by atoms with van der Waals surface area (Å²) in [5.74, 6) is 0. The lowest BCUT2D eigenvalue weighted by molar-refractivity contribution is -0.496. The highest BCUT2D eigenvalue weighted by Crippen LogP contribution is 2.18. The third-order valence-electron chi connectivity index (χ3n) is 2.28. The topological polar surface area (TPSA) is 56.0 Å². The fourth-order valence-corrected chi connectivity index (χ4v) is 1.50. The quantitative estimate of drug-likeness (QED) is 0.582. The molecule has 16 heavy (non-hydrogen) atoms. The van der Waals surface area contributed by atoms with Gasteiger partial charge in [0.15, 0.2) is 0 Å². The SMILES string of the molecule is O=[N+]([O-])Cc1ccc(-c2ccncc2)cc1. The molecule has 0 radical (unpaired) electrons. The van der Waals surface area contributed by atoms with E-state index in [-0.39, 0.29) is 11.5 Å². The van der Waals surface area contributed by atoms with Crippen molar-refractivity contribution in [1.29, 1.82) is 0 Å². The van der Waals surface area contributed by atoms with E-state index >= 15 is 0 Å². The van der Waals surface area contributed by atoms with Crippen LogP contribution in [0.5, 0.6) is 0 Å². The van der Waals surface area contributed by atoms with Gasteiger partial charge in [-0.15, -0.1) is 0 Å². The molecule has 2 rings (SSSR count). The lowest BCUT2D eigenvalue weighted by Crippen LogP contribution is -1.97. The molecule has 1 aromatic carbocycles. The monoisotopic (exact) mass is 214 g/mol. The second-order valence-electron chi connectivity index (χ2n) is 3.42. The standard InChI is InChI=1S/C12H10N2O2/c15-14(16)9-10-1-3-11(4-2-10)12-5-7-13-8-6-12/h1-8H,9H2. The molecule has 2 aromatic rings. The fourth-order valence-electron chi connectivity index (χ4n) is 1.50.